The smallest absolute Gasteiger partial charge is 0.0366 e. The molecule has 5 rings (SSSR count). The highest BCUT2D eigenvalue weighted by Gasteiger charge is 2.26. The second-order valence-electron chi connectivity index (χ2n) is 8.90. The standard InChI is InChI=1S/C32H34N2/c1-5-33(6-2)26-19-15-24(16-20-26)31-28-13-9-11-23-12-10-14-29(30(23)28)32(31)25-17-21-27(22-18-25)34(7-3)8-4/h9-22H,5-8H2,1-4H3. The Hall–Kier alpha value is -3.52. The van der Waals surface area contributed by atoms with Crippen molar-refractivity contribution in [1.82, 2.24) is 0 Å². The van der Waals surface area contributed by atoms with E-state index in [1.165, 1.54) is 55.5 Å². The van der Waals surface area contributed by atoms with Crippen LogP contribution in [0.15, 0.2) is 84.9 Å². The average molecular weight is 447 g/mol. The Morgan fingerprint density at radius 2 is 0.853 bits per heavy atom. The highest BCUT2D eigenvalue weighted by molar-refractivity contribution is 6.20. The molecule has 2 nitrogen and oxygen atoms in total. The molecule has 1 aliphatic carbocycles. The summed E-state index contributed by atoms with van der Waals surface area (Å²) in [5.74, 6) is 0. The third-order valence-electron chi connectivity index (χ3n) is 7.26. The molecule has 0 amide bonds. The first-order valence-electron chi connectivity index (χ1n) is 12.7. The van der Waals surface area contributed by atoms with Crippen molar-refractivity contribution in [3.05, 3.63) is 107 Å². The van der Waals surface area contributed by atoms with Crippen molar-refractivity contribution >= 4 is 33.3 Å². The van der Waals surface area contributed by atoms with Crippen molar-refractivity contribution < 1.29 is 0 Å². The van der Waals surface area contributed by atoms with Crippen LogP contribution in [0.4, 0.5) is 11.4 Å². The van der Waals surface area contributed by atoms with Crippen molar-refractivity contribution in [3.63, 3.8) is 0 Å². The second kappa shape index (κ2) is 9.38. The molecule has 2 heteroatoms. The Balaban J connectivity index is 1.69. The van der Waals surface area contributed by atoms with E-state index in [1.54, 1.807) is 0 Å². The van der Waals surface area contributed by atoms with Crippen LogP contribution in [0.25, 0.3) is 21.9 Å². The van der Waals surface area contributed by atoms with Crippen molar-refractivity contribution in [3.8, 4) is 0 Å². The Kier molecular flexibility index (Phi) is 6.15. The largest absolute Gasteiger partial charge is 0.372 e. The van der Waals surface area contributed by atoms with Gasteiger partial charge in [0.25, 0.3) is 0 Å². The maximum atomic E-state index is 2.40. The van der Waals surface area contributed by atoms with Gasteiger partial charge in [-0.2, -0.15) is 0 Å². The van der Waals surface area contributed by atoms with Gasteiger partial charge in [0.1, 0.15) is 0 Å². The van der Waals surface area contributed by atoms with E-state index in [2.05, 4.69) is 122 Å². The zero-order valence-electron chi connectivity index (χ0n) is 20.8. The summed E-state index contributed by atoms with van der Waals surface area (Å²) in [6, 6.07) is 31.7. The zero-order valence-corrected chi connectivity index (χ0v) is 20.8. The molecule has 0 heterocycles. The molecule has 0 fully saturated rings. The van der Waals surface area contributed by atoms with Crippen molar-refractivity contribution in [2.45, 2.75) is 27.7 Å². The third kappa shape index (κ3) is 3.68. The van der Waals surface area contributed by atoms with Gasteiger partial charge in [-0.25, -0.2) is 0 Å². The molecule has 0 atom stereocenters. The van der Waals surface area contributed by atoms with Crippen molar-refractivity contribution in [2.75, 3.05) is 36.0 Å². The SMILES string of the molecule is CCN(CC)c1ccc(C2=C(c3ccc(N(CC)CC)cc3)c3cccc4cccc2c34)cc1. The van der Waals surface area contributed by atoms with Gasteiger partial charge in [0.2, 0.25) is 0 Å². The van der Waals surface area contributed by atoms with Crippen LogP contribution in [0.1, 0.15) is 49.9 Å². The van der Waals surface area contributed by atoms with Crippen LogP contribution in [0, 0.1) is 0 Å². The molecule has 172 valence electrons. The molecule has 0 N–H and O–H groups in total. The topological polar surface area (TPSA) is 6.48 Å². The molecule has 0 spiro atoms. The van der Waals surface area contributed by atoms with E-state index in [0.717, 1.165) is 26.2 Å². The van der Waals surface area contributed by atoms with Gasteiger partial charge in [-0.15, -0.1) is 0 Å². The van der Waals surface area contributed by atoms with Crippen molar-refractivity contribution in [2.24, 2.45) is 0 Å². The van der Waals surface area contributed by atoms with Crippen LogP contribution in [-0.2, 0) is 0 Å². The molecule has 4 aromatic carbocycles. The quantitative estimate of drug-likeness (QED) is 0.239. The molecule has 0 aromatic heterocycles. The van der Waals surface area contributed by atoms with Gasteiger partial charge >= 0.3 is 0 Å². The summed E-state index contributed by atoms with van der Waals surface area (Å²) in [4.78, 5) is 4.80. The fraction of sp³-hybridized carbons (Fsp3) is 0.250. The van der Waals surface area contributed by atoms with Gasteiger partial charge in [0, 0.05) is 37.6 Å². The molecule has 0 bridgehead atoms. The third-order valence-corrected chi connectivity index (χ3v) is 7.26. The molecule has 34 heavy (non-hydrogen) atoms. The number of hydrogen-bond donors (Lipinski definition) is 0. The minimum atomic E-state index is 1.02. The predicted octanol–water partition coefficient (Wildman–Crippen LogP) is 7.85. The summed E-state index contributed by atoms with van der Waals surface area (Å²) < 4.78 is 0. The zero-order chi connectivity index (χ0) is 23.7. The van der Waals surface area contributed by atoms with Gasteiger partial charge < -0.3 is 9.80 Å². The lowest BCUT2D eigenvalue weighted by Gasteiger charge is -2.22. The second-order valence-corrected chi connectivity index (χ2v) is 8.90. The lowest BCUT2D eigenvalue weighted by molar-refractivity contribution is 0.866. The normalized spacial score (nSPS) is 12.5. The monoisotopic (exact) mass is 446 g/mol. The van der Waals surface area contributed by atoms with E-state index in [4.69, 9.17) is 0 Å². The summed E-state index contributed by atoms with van der Waals surface area (Å²) in [7, 11) is 0. The van der Waals surface area contributed by atoms with Gasteiger partial charge in [-0.1, -0.05) is 60.7 Å². The molecule has 1 aliphatic rings. The molecular formula is C32H34N2. The van der Waals surface area contributed by atoms with Crippen LogP contribution >= 0.6 is 0 Å². The van der Waals surface area contributed by atoms with Crippen molar-refractivity contribution in [1.29, 1.82) is 0 Å². The molecular weight excluding hydrogens is 412 g/mol. The molecule has 4 aromatic rings. The number of benzene rings is 4. The molecule has 0 radical (unpaired) electrons. The number of anilines is 2. The average Bonchev–Trinajstić information content (AvgIpc) is 3.22. The first kappa shape index (κ1) is 22.3. The summed E-state index contributed by atoms with van der Waals surface area (Å²) in [5, 5.41) is 2.68. The maximum absolute atomic E-state index is 2.40. The number of rotatable bonds is 8. The van der Waals surface area contributed by atoms with Gasteiger partial charge in [-0.05, 0) is 96.1 Å². The van der Waals surface area contributed by atoms with Gasteiger partial charge in [0.05, 0.1) is 0 Å². The van der Waals surface area contributed by atoms with E-state index < -0.39 is 0 Å². The Labute approximate surface area is 204 Å². The molecule has 0 saturated heterocycles. The summed E-state index contributed by atoms with van der Waals surface area (Å²) >= 11 is 0. The molecule has 0 unspecified atom stereocenters. The van der Waals surface area contributed by atoms with Gasteiger partial charge in [0.15, 0.2) is 0 Å². The Bertz CT molecular complexity index is 1220. The maximum Gasteiger partial charge on any atom is 0.0366 e. The van der Waals surface area contributed by atoms with Crippen LogP contribution in [0.3, 0.4) is 0 Å². The van der Waals surface area contributed by atoms with E-state index in [1.807, 2.05) is 0 Å². The van der Waals surface area contributed by atoms with Crippen LogP contribution in [-0.4, -0.2) is 26.2 Å². The summed E-state index contributed by atoms with van der Waals surface area (Å²) in [6.45, 7) is 13.0. The highest BCUT2D eigenvalue weighted by Crippen LogP contribution is 2.48. The van der Waals surface area contributed by atoms with Crippen LogP contribution < -0.4 is 9.80 Å². The Morgan fingerprint density at radius 3 is 1.21 bits per heavy atom. The molecule has 0 saturated carbocycles. The first-order chi connectivity index (χ1) is 16.7. The predicted molar refractivity (Wildman–Crippen MR) is 149 cm³/mol. The summed E-state index contributed by atoms with van der Waals surface area (Å²) in [6.07, 6.45) is 0. The fourth-order valence-electron chi connectivity index (χ4n) is 5.48. The highest BCUT2D eigenvalue weighted by atomic mass is 15.1. The summed E-state index contributed by atoms with van der Waals surface area (Å²) in [5.41, 5.74) is 10.5. The van der Waals surface area contributed by atoms with Crippen LogP contribution in [0.5, 0.6) is 0 Å². The van der Waals surface area contributed by atoms with E-state index in [9.17, 15) is 0 Å². The van der Waals surface area contributed by atoms with E-state index in [0.29, 0.717) is 0 Å². The number of nitrogens with zero attached hydrogens (tertiary/aromatic N) is 2. The number of hydrogen-bond acceptors (Lipinski definition) is 2. The fourth-order valence-corrected chi connectivity index (χ4v) is 5.48. The Morgan fingerprint density at radius 1 is 0.471 bits per heavy atom. The van der Waals surface area contributed by atoms with E-state index in [-0.39, 0.29) is 0 Å². The lowest BCUT2D eigenvalue weighted by atomic mass is 9.92. The van der Waals surface area contributed by atoms with Gasteiger partial charge in [-0.3, -0.25) is 0 Å². The molecule has 0 aliphatic heterocycles. The minimum Gasteiger partial charge on any atom is -0.372 e. The van der Waals surface area contributed by atoms with E-state index >= 15 is 0 Å². The minimum absolute atomic E-state index is 1.02. The first-order valence-corrected chi connectivity index (χ1v) is 12.7. The lowest BCUT2D eigenvalue weighted by Crippen LogP contribution is -2.21. The van der Waals surface area contributed by atoms with Crippen LogP contribution in [0.2, 0.25) is 0 Å².